The van der Waals surface area contributed by atoms with Crippen molar-refractivity contribution < 1.29 is 14.4 Å². The van der Waals surface area contributed by atoms with Crippen molar-refractivity contribution in [1.82, 2.24) is 0 Å². The monoisotopic (exact) mass is 292 g/mol. The number of carbonyl (C=O) groups excluding carboxylic acids is 3. The molecular formula is C11H7Cl3O3. The second kappa shape index (κ2) is 5.17. The lowest BCUT2D eigenvalue weighted by molar-refractivity contribution is 0.101. The van der Waals surface area contributed by atoms with Gasteiger partial charge in [0.15, 0.2) is 17.9 Å². The van der Waals surface area contributed by atoms with E-state index >= 15 is 0 Å². The van der Waals surface area contributed by atoms with Crippen LogP contribution in [0.3, 0.4) is 0 Å². The Hall–Kier alpha value is -0.900. The van der Waals surface area contributed by atoms with E-state index in [1.54, 1.807) is 0 Å². The third-order valence-electron chi connectivity index (χ3n) is 2.17. The molecule has 0 unspecified atom stereocenters. The summed E-state index contributed by atoms with van der Waals surface area (Å²) < 4.78 is 0. The summed E-state index contributed by atoms with van der Waals surface area (Å²) in [6.07, 6.45) is 0.389. The Bertz CT molecular complexity index is 494. The predicted octanol–water partition coefficient (Wildman–Crippen LogP) is 3.86. The van der Waals surface area contributed by atoms with Crippen molar-refractivity contribution in [3.63, 3.8) is 0 Å². The molecule has 1 aromatic carbocycles. The highest BCUT2D eigenvalue weighted by atomic mass is 35.5. The number of hydrogen-bond donors (Lipinski definition) is 0. The van der Waals surface area contributed by atoms with E-state index in [9.17, 15) is 14.4 Å². The molecule has 0 fully saturated rings. The van der Waals surface area contributed by atoms with E-state index in [4.69, 9.17) is 34.8 Å². The van der Waals surface area contributed by atoms with Crippen molar-refractivity contribution in [2.75, 3.05) is 0 Å². The lowest BCUT2D eigenvalue weighted by Crippen LogP contribution is -2.06. The molecule has 0 heterocycles. The molecule has 0 atom stereocenters. The Labute approximate surface area is 113 Å². The Kier molecular flexibility index (Phi) is 4.31. The van der Waals surface area contributed by atoms with Crippen molar-refractivity contribution in [1.29, 1.82) is 0 Å². The predicted molar refractivity (Wildman–Crippen MR) is 66.9 cm³/mol. The van der Waals surface area contributed by atoms with Gasteiger partial charge in [-0.3, -0.25) is 14.4 Å². The standard InChI is InChI=1S/C11H7Cl3O3/c1-4(16)7-9(12)6(3-15)10(13)8(5(2)17)11(7)14/h3H,1-2H3. The Morgan fingerprint density at radius 2 is 1.24 bits per heavy atom. The van der Waals surface area contributed by atoms with Gasteiger partial charge >= 0.3 is 0 Å². The zero-order valence-corrected chi connectivity index (χ0v) is 11.2. The molecule has 0 radical (unpaired) electrons. The summed E-state index contributed by atoms with van der Waals surface area (Å²) in [5.41, 5.74) is -0.233. The van der Waals surface area contributed by atoms with Crippen LogP contribution in [0.5, 0.6) is 0 Å². The minimum atomic E-state index is -0.442. The maximum Gasteiger partial charge on any atom is 0.162 e. The van der Waals surface area contributed by atoms with Crippen LogP contribution in [0.15, 0.2) is 0 Å². The van der Waals surface area contributed by atoms with Crippen LogP contribution in [-0.4, -0.2) is 17.9 Å². The van der Waals surface area contributed by atoms with Crippen molar-refractivity contribution >= 4 is 52.7 Å². The van der Waals surface area contributed by atoms with Crippen molar-refractivity contribution in [2.24, 2.45) is 0 Å². The second-order valence-corrected chi connectivity index (χ2v) is 4.47. The molecule has 1 aromatic rings. The van der Waals surface area contributed by atoms with Crippen LogP contribution in [0.25, 0.3) is 0 Å². The van der Waals surface area contributed by atoms with E-state index in [0.717, 1.165) is 0 Å². The number of benzene rings is 1. The number of hydrogen-bond acceptors (Lipinski definition) is 3. The molecule has 17 heavy (non-hydrogen) atoms. The molecule has 0 aliphatic rings. The van der Waals surface area contributed by atoms with Gasteiger partial charge in [-0.2, -0.15) is 0 Å². The first-order chi connectivity index (χ1) is 7.82. The third kappa shape index (κ3) is 2.37. The minimum Gasteiger partial charge on any atom is -0.298 e. The second-order valence-electron chi connectivity index (χ2n) is 3.34. The average molecular weight is 294 g/mol. The first-order valence-electron chi connectivity index (χ1n) is 4.50. The molecule has 3 nitrogen and oxygen atoms in total. The average Bonchev–Trinajstić information content (AvgIpc) is 2.16. The lowest BCUT2D eigenvalue weighted by atomic mass is 10.0. The van der Waals surface area contributed by atoms with Gasteiger partial charge in [0.25, 0.3) is 0 Å². The van der Waals surface area contributed by atoms with Crippen molar-refractivity contribution in [2.45, 2.75) is 13.8 Å². The van der Waals surface area contributed by atoms with E-state index in [2.05, 4.69) is 0 Å². The molecule has 0 aromatic heterocycles. The smallest absolute Gasteiger partial charge is 0.162 e. The maximum atomic E-state index is 11.4. The van der Waals surface area contributed by atoms with Crippen LogP contribution in [-0.2, 0) is 0 Å². The number of halogens is 3. The van der Waals surface area contributed by atoms with Gasteiger partial charge in [-0.15, -0.1) is 0 Å². The van der Waals surface area contributed by atoms with E-state index in [0.29, 0.717) is 6.29 Å². The fraction of sp³-hybridized carbons (Fsp3) is 0.182. The Morgan fingerprint density at radius 1 is 0.882 bits per heavy atom. The molecule has 6 heteroatoms. The summed E-state index contributed by atoms with van der Waals surface area (Å²) in [6.45, 7) is 2.47. The summed E-state index contributed by atoms with van der Waals surface area (Å²) in [5.74, 6) is -0.885. The summed E-state index contributed by atoms with van der Waals surface area (Å²) in [4.78, 5) is 33.7. The highest BCUT2D eigenvalue weighted by Crippen LogP contribution is 2.37. The van der Waals surface area contributed by atoms with Gasteiger partial charge in [0.2, 0.25) is 0 Å². The van der Waals surface area contributed by atoms with Gasteiger partial charge in [0.05, 0.1) is 31.8 Å². The number of Topliss-reactive ketones (excluding diaryl/α,β-unsaturated/α-hetero) is 2. The van der Waals surface area contributed by atoms with E-state index in [1.165, 1.54) is 13.8 Å². The van der Waals surface area contributed by atoms with Crippen LogP contribution in [0.1, 0.15) is 44.9 Å². The fourth-order valence-electron chi connectivity index (χ4n) is 1.41. The topological polar surface area (TPSA) is 51.2 Å². The highest BCUT2D eigenvalue weighted by Gasteiger charge is 2.25. The molecule has 90 valence electrons. The van der Waals surface area contributed by atoms with Crippen LogP contribution < -0.4 is 0 Å². The van der Waals surface area contributed by atoms with Crippen LogP contribution in [0.4, 0.5) is 0 Å². The van der Waals surface area contributed by atoms with Crippen molar-refractivity contribution in [3.8, 4) is 0 Å². The van der Waals surface area contributed by atoms with Crippen LogP contribution in [0, 0.1) is 0 Å². The normalized spacial score (nSPS) is 10.2. The first-order valence-corrected chi connectivity index (χ1v) is 5.63. The van der Waals surface area contributed by atoms with Crippen LogP contribution >= 0.6 is 34.8 Å². The zero-order chi connectivity index (χ0) is 13.3. The molecule has 1 rings (SSSR count). The van der Waals surface area contributed by atoms with E-state index in [1.807, 2.05) is 0 Å². The molecule has 0 spiro atoms. The lowest BCUT2D eigenvalue weighted by Gasteiger charge is -2.12. The molecule has 0 amide bonds. The zero-order valence-electron chi connectivity index (χ0n) is 8.94. The Morgan fingerprint density at radius 3 is 1.47 bits per heavy atom. The third-order valence-corrected chi connectivity index (χ3v) is 3.34. The molecule has 0 bridgehead atoms. The van der Waals surface area contributed by atoms with Crippen LogP contribution in [0.2, 0.25) is 15.1 Å². The van der Waals surface area contributed by atoms with Crippen molar-refractivity contribution in [3.05, 3.63) is 31.8 Å². The number of aldehydes is 1. The van der Waals surface area contributed by atoms with E-state index < -0.39 is 11.6 Å². The van der Waals surface area contributed by atoms with Gasteiger partial charge in [0, 0.05) is 0 Å². The summed E-state index contributed by atoms with van der Waals surface area (Å²) in [5, 5.41) is -0.384. The highest BCUT2D eigenvalue weighted by molar-refractivity contribution is 6.47. The molecular weight excluding hydrogens is 286 g/mol. The number of rotatable bonds is 3. The molecule has 0 saturated carbocycles. The molecule has 0 aliphatic heterocycles. The van der Waals surface area contributed by atoms with Gasteiger partial charge in [-0.25, -0.2) is 0 Å². The number of carbonyl (C=O) groups is 3. The van der Waals surface area contributed by atoms with Gasteiger partial charge < -0.3 is 0 Å². The maximum absolute atomic E-state index is 11.4. The Balaban J connectivity index is 3.88. The molecule has 0 N–H and O–H groups in total. The molecule has 0 aliphatic carbocycles. The quantitative estimate of drug-likeness (QED) is 0.628. The fourth-order valence-corrected chi connectivity index (χ4v) is 2.74. The summed E-state index contributed by atoms with van der Waals surface area (Å²) in [6, 6.07) is 0. The van der Waals surface area contributed by atoms with Gasteiger partial charge in [-0.1, -0.05) is 34.8 Å². The minimum absolute atomic E-state index is 0.0648. The summed E-state index contributed by atoms with van der Waals surface area (Å²) in [7, 11) is 0. The summed E-state index contributed by atoms with van der Waals surface area (Å²) >= 11 is 17.6. The number of ketones is 2. The van der Waals surface area contributed by atoms with Gasteiger partial charge in [-0.05, 0) is 13.8 Å². The SMILES string of the molecule is CC(=O)c1c(Cl)c(C=O)c(Cl)c(C(C)=O)c1Cl. The van der Waals surface area contributed by atoms with E-state index in [-0.39, 0.29) is 31.8 Å². The largest absolute Gasteiger partial charge is 0.298 e. The van der Waals surface area contributed by atoms with Gasteiger partial charge in [0.1, 0.15) is 0 Å². The molecule has 0 saturated heterocycles. The first kappa shape index (κ1) is 14.2.